The first kappa shape index (κ1) is 21.0. The van der Waals surface area contributed by atoms with Gasteiger partial charge in [-0.2, -0.15) is 9.48 Å². The fourth-order valence-corrected chi connectivity index (χ4v) is 4.16. The van der Waals surface area contributed by atoms with Gasteiger partial charge in [0, 0.05) is 17.7 Å². The molecule has 1 aromatic rings. The number of nitrogens with one attached hydrogen (secondary N) is 1. The van der Waals surface area contributed by atoms with Crippen LogP contribution in [0, 0.1) is 11.8 Å². The van der Waals surface area contributed by atoms with Crippen molar-refractivity contribution in [3.63, 3.8) is 0 Å². The maximum absolute atomic E-state index is 12.8. The quantitative estimate of drug-likeness (QED) is 0.709. The second-order valence-electron chi connectivity index (χ2n) is 7.51. The molecule has 1 unspecified atom stereocenters. The number of hydrogen-bond donors (Lipinski definition) is 1. The summed E-state index contributed by atoms with van der Waals surface area (Å²) in [6, 6.07) is 4.70. The van der Waals surface area contributed by atoms with Gasteiger partial charge in [-0.25, -0.2) is 9.79 Å². The molecule has 4 rings (SSSR count). The largest absolute Gasteiger partial charge is 0.454 e. The first-order valence-corrected chi connectivity index (χ1v) is 10.7. The lowest BCUT2D eigenvalue weighted by Crippen LogP contribution is -2.55. The zero-order valence-electron chi connectivity index (χ0n) is 17.5. The van der Waals surface area contributed by atoms with E-state index in [9.17, 15) is 14.4 Å². The van der Waals surface area contributed by atoms with E-state index in [0.29, 0.717) is 33.9 Å². The molecule has 0 saturated carbocycles. The van der Waals surface area contributed by atoms with Crippen molar-refractivity contribution in [1.82, 2.24) is 4.90 Å². The predicted octanol–water partition coefficient (Wildman–Crippen LogP) is 1.80. The third kappa shape index (κ3) is 3.92. The van der Waals surface area contributed by atoms with Gasteiger partial charge in [0.05, 0.1) is 19.8 Å². The highest BCUT2D eigenvalue weighted by Crippen LogP contribution is 2.34. The van der Waals surface area contributed by atoms with E-state index in [1.807, 2.05) is 13.8 Å². The first-order chi connectivity index (χ1) is 14.8. The van der Waals surface area contributed by atoms with Crippen molar-refractivity contribution in [2.75, 3.05) is 32.0 Å². The third-order valence-electron chi connectivity index (χ3n) is 4.98. The number of anilines is 1. The molecule has 0 spiro atoms. The Labute approximate surface area is 183 Å². The average molecular weight is 444 g/mol. The number of rotatable bonds is 4. The van der Waals surface area contributed by atoms with E-state index >= 15 is 0 Å². The van der Waals surface area contributed by atoms with E-state index in [1.54, 1.807) is 25.2 Å². The number of amidine groups is 2. The second-order valence-corrected chi connectivity index (χ2v) is 8.51. The van der Waals surface area contributed by atoms with Gasteiger partial charge in [-0.05, 0) is 12.1 Å². The summed E-state index contributed by atoms with van der Waals surface area (Å²) in [6.45, 7) is 4.01. The van der Waals surface area contributed by atoms with Gasteiger partial charge in [-0.1, -0.05) is 30.6 Å². The topological polar surface area (TPSA) is 113 Å². The van der Waals surface area contributed by atoms with Crippen molar-refractivity contribution >= 4 is 52.0 Å². The van der Waals surface area contributed by atoms with Crippen LogP contribution in [0.2, 0.25) is 0 Å². The molecule has 11 heteroatoms. The summed E-state index contributed by atoms with van der Waals surface area (Å²) in [4.78, 5) is 47.7. The Morgan fingerprint density at radius 2 is 2.03 bits per heavy atom. The van der Waals surface area contributed by atoms with Crippen molar-refractivity contribution in [3.8, 4) is 11.5 Å². The lowest BCUT2D eigenvalue weighted by Gasteiger charge is -2.26. The molecule has 4 amide bonds. The smallest absolute Gasteiger partial charge is 0.445 e. The van der Waals surface area contributed by atoms with Gasteiger partial charge < -0.3 is 14.8 Å². The van der Waals surface area contributed by atoms with Crippen molar-refractivity contribution in [1.29, 1.82) is 0 Å². The Morgan fingerprint density at radius 3 is 2.77 bits per heavy atom. The molecule has 1 N–H and O–H groups in total. The fourth-order valence-electron chi connectivity index (χ4n) is 3.28. The summed E-state index contributed by atoms with van der Waals surface area (Å²) in [6.07, 6.45) is 0. The van der Waals surface area contributed by atoms with E-state index in [2.05, 4.69) is 15.3 Å². The van der Waals surface area contributed by atoms with Crippen LogP contribution < -0.4 is 14.8 Å². The van der Waals surface area contributed by atoms with Gasteiger partial charge in [0.1, 0.15) is 5.04 Å². The number of carbonyl (C=O) groups is 3. The Hall–Kier alpha value is -3.21. The van der Waals surface area contributed by atoms with Crippen molar-refractivity contribution < 1.29 is 28.4 Å². The lowest BCUT2D eigenvalue weighted by atomic mass is 10.0. The molecule has 0 bridgehead atoms. The van der Waals surface area contributed by atoms with Crippen LogP contribution in [0.15, 0.2) is 28.2 Å². The van der Waals surface area contributed by atoms with E-state index in [4.69, 9.17) is 9.47 Å². The number of urea groups is 1. The zero-order valence-corrected chi connectivity index (χ0v) is 18.4. The SMILES string of the molecule is CC(C)C1=NC2=[N+](C)C(=O)N(C)C(=O)C2C(SCC(=O)Nc2ccc3c(c2)OCO3)=N1. The average Bonchev–Trinajstić information content (AvgIpc) is 3.21. The number of aliphatic imine (C=N–C) groups is 2. The van der Waals surface area contributed by atoms with Crippen LogP contribution in [-0.4, -0.2) is 70.7 Å². The minimum absolute atomic E-state index is 0.00947. The molecule has 0 saturated heterocycles. The summed E-state index contributed by atoms with van der Waals surface area (Å²) < 4.78 is 11.9. The molecule has 0 radical (unpaired) electrons. The number of thioether (sulfide) groups is 1. The fraction of sp³-hybridized carbons (Fsp3) is 0.400. The normalized spacial score (nSPS) is 20.0. The minimum Gasteiger partial charge on any atom is -0.454 e. The molecule has 3 aliphatic heterocycles. The molecule has 162 valence electrons. The number of carbonyl (C=O) groups excluding carboxylic acids is 3. The standard InChI is InChI=1S/C20H21N5O5S/c1-10(2)16-22-17-15(19(27)25(4)20(28)24(17)3)18(23-16)31-8-14(26)21-11-5-6-12-13(7-11)30-9-29-12/h5-7,10,15H,8-9H2,1-4H3/p+1. The molecule has 0 aromatic heterocycles. The van der Waals surface area contributed by atoms with Gasteiger partial charge in [0.25, 0.3) is 5.84 Å². The van der Waals surface area contributed by atoms with Crippen LogP contribution in [-0.2, 0) is 9.59 Å². The lowest BCUT2D eigenvalue weighted by molar-refractivity contribution is -0.407. The van der Waals surface area contributed by atoms with E-state index in [1.165, 1.54) is 11.6 Å². The monoisotopic (exact) mass is 444 g/mol. The van der Waals surface area contributed by atoms with Gasteiger partial charge in [-0.3, -0.25) is 9.59 Å². The van der Waals surface area contributed by atoms with E-state index < -0.39 is 17.9 Å². The number of nitrogens with zero attached hydrogens (tertiary/aromatic N) is 4. The molecule has 0 aliphatic carbocycles. The summed E-state index contributed by atoms with van der Waals surface area (Å²) in [5, 5.41) is 3.26. The molecule has 0 fully saturated rings. The molecular weight excluding hydrogens is 422 g/mol. The van der Waals surface area contributed by atoms with Crippen molar-refractivity contribution in [3.05, 3.63) is 18.2 Å². The van der Waals surface area contributed by atoms with Crippen LogP contribution >= 0.6 is 11.8 Å². The molecule has 1 atom stereocenters. The maximum Gasteiger partial charge on any atom is 0.445 e. The molecular formula is C20H22N5O5S+. The highest BCUT2D eigenvalue weighted by Gasteiger charge is 2.49. The molecule has 31 heavy (non-hydrogen) atoms. The Balaban J connectivity index is 1.52. The predicted molar refractivity (Wildman–Crippen MR) is 116 cm³/mol. The molecule has 3 aliphatic rings. The van der Waals surface area contributed by atoms with Crippen molar-refractivity contribution in [2.45, 2.75) is 13.8 Å². The summed E-state index contributed by atoms with van der Waals surface area (Å²) >= 11 is 1.16. The van der Waals surface area contributed by atoms with Crippen LogP contribution in [0.4, 0.5) is 10.5 Å². The van der Waals surface area contributed by atoms with Crippen molar-refractivity contribution in [2.24, 2.45) is 21.8 Å². The van der Waals surface area contributed by atoms with Crippen LogP contribution in [0.25, 0.3) is 0 Å². The summed E-state index contributed by atoms with van der Waals surface area (Å²) in [5.41, 5.74) is 0.580. The molecule has 10 nitrogen and oxygen atoms in total. The number of ether oxygens (including phenoxy) is 2. The Morgan fingerprint density at radius 1 is 1.29 bits per heavy atom. The van der Waals surface area contributed by atoms with E-state index in [-0.39, 0.29) is 24.4 Å². The molecule has 3 heterocycles. The van der Waals surface area contributed by atoms with Crippen LogP contribution in [0.3, 0.4) is 0 Å². The highest BCUT2D eigenvalue weighted by atomic mass is 32.2. The second kappa shape index (κ2) is 8.14. The van der Waals surface area contributed by atoms with Gasteiger partial charge >= 0.3 is 11.9 Å². The summed E-state index contributed by atoms with van der Waals surface area (Å²) in [7, 11) is 3.00. The Kier molecular flexibility index (Phi) is 5.52. The van der Waals surface area contributed by atoms with Gasteiger partial charge in [0.15, 0.2) is 17.4 Å². The first-order valence-electron chi connectivity index (χ1n) is 9.68. The number of hydrogen-bond acceptors (Lipinski definition) is 8. The van der Waals surface area contributed by atoms with Crippen LogP contribution in [0.1, 0.15) is 13.8 Å². The van der Waals surface area contributed by atoms with Gasteiger partial charge in [0.2, 0.25) is 18.5 Å². The van der Waals surface area contributed by atoms with Gasteiger partial charge in [-0.15, -0.1) is 0 Å². The summed E-state index contributed by atoms with van der Waals surface area (Å²) in [5.74, 6) is 0.608. The number of imide groups is 1. The highest BCUT2D eigenvalue weighted by molar-refractivity contribution is 8.14. The molecule has 1 aromatic carbocycles. The van der Waals surface area contributed by atoms with E-state index in [0.717, 1.165) is 16.7 Å². The number of fused-ring (bicyclic) bond motifs is 2. The Bertz CT molecular complexity index is 1080. The maximum atomic E-state index is 12.8. The zero-order chi connectivity index (χ0) is 22.3. The number of benzene rings is 1. The third-order valence-corrected chi connectivity index (χ3v) is 6.01. The minimum atomic E-state index is -0.807. The number of amides is 4. The van der Waals surface area contributed by atoms with Crippen LogP contribution in [0.5, 0.6) is 11.5 Å².